The van der Waals surface area contributed by atoms with Gasteiger partial charge < -0.3 is 10.2 Å². The van der Waals surface area contributed by atoms with Crippen molar-refractivity contribution in [3.05, 3.63) is 0 Å². The highest BCUT2D eigenvalue weighted by Gasteiger charge is 2.12. The fraction of sp³-hybridized carbons (Fsp3) is 0.963. The second-order valence-electron chi connectivity index (χ2n) is 9.23. The van der Waals surface area contributed by atoms with E-state index in [-0.39, 0.29) is 6.03 Å². The van der Waals surface area contributed by atoms with Crippen molar-refractivity contribution >= 4 is 6.03 Å². The minimum Gasteiger partial charge on any atom is -0.338 e. The largest absolute Gasteiger partial charge is 0.338 e. The summed E-state index contributed by atoms with van der Waals surface area (Å²) in [5, 5.41) is 3.20. The van der Waals surface area contributed by atoms with E-state index in [1.807, 2.05) is 0 Å². The number of hydrogen-bond donors (Lipinski definition) is 1. The molecule has 0 bridgehead atoms. The molecule has 0 radical (unpaired) electrons. The van der Waals surface area contributed by atoms with Gasteiger partial charge in [0.2, 0.25) is 0 Å². The summed E-state index contributed by atoms with van der Waals surface area (Å²) in [6.07, 6.45) is 26.0. The summed E-state index contributed by atoms with van der Waals surface area (Å²) in [7, 11) is 0. The first-order valence-corrected chi connectivity index (χ1v) is 13.8. The third kappa shape index (κ3) is 20.5. The van der Waals surface area contributed by atoms with E-state index >= 15 is 0 Å². The van der Waals surface area contributed by atoms with Crippen LogP contribution in [0, 0.1) is 0 Å². The van der Waals surface area contributed by atoms with Gasteiger partial charge in [0.15, 0.2) is 0 Å². The van der Waals surface area contributed by atoms with Crippen LogP contribution in [0.2, 0.25) is 0 Å². The maximum Gasteiger partial charge on any atom is 0.317 e. The lowest BCUT2D eigenvalue weighted by atomic mass is 10.1. The predicted molar refractivity (Wildman–Crippen MR) is 134 cm³/mol. The smallest absolute Gasteiger partial charge is 0.317 e. The van der Waals surface area contributed by atoms with Crippen LogP contribution in [0.25, 0.3) is 0 Å². The molecular formula is C27H56N2O. The Morgan fingerprint density at radius 1 is 0.500 bits per heavy atom. The van der Waals surface area contributed by atoms with Crippen LogP contribution >= 0.6 is 0 Å². The standard InChI is InChI=1S/C27H56N2O/c1-4-7-10-13-14-15-16-17-18-21-24-28-27(30)29(25-22-19-11-8-5-2)26-23-20-12-9-6-3/h4-26H2,1-3H3,(H,28,30). The molecule has 0 heterocycles. The number of rotatable bonds is 23. The minimum atomic E-state index is 0.178. The molecular weight excluding hydrogens is 368 g/mol. The molecule has 0 aliphatic heterocycles. The second kappa shape index (κ2) is 24.5. The van der Waals surface area contributed by atoms with Gasteiger partial charge in [0.1, 0.15) is 0 Å². The van der Waals surface area contributed by atoms with Gasteiger partial charge in [0.05, 0.1) is 0 Å². The Morgan fingerprint density at radius 2 is 0.833 bits per heavy atom. The second-order valence-corrected chi connectivity index (χ2v) is 9.23. The van der Waals surface area contributed by atoms with Crippen LogP contribution in [0.15, 0.2) is 0 Å². The molecule has 0 unspecified atom stereocenters. The summed E-state index contributed by atoms with van der Waals surface area (Å²) in [5.41, 5.74) is 0. The van der Waals surface area contributed by atoms with Crippen molar-refractivity contribution in [2.45, 2.75) is 149 Å². The third-order valence-corrected chi connectivity index (χ3v) is 6.16. The fourth-order valence-corrected chi connectivity index (χ4v) is 4.05. The van der Waals surface area contributed by atoms with Crippen LogP contribution in [0.1, 0.15) is 149 Å². The average Bonchev–Trinajstić information content (AvgIpc) is 2.75. The number of unbranched alkanes of at least 4 members (excludes halogenated alkanes) is 17. The van der Waals surface area contributed by atoms with Crippen molar-refractivity contribution in [2.75, 3.05) is 19.6 Å². The van der Waals surface area contributed by atoms with Crippen LogP contribution in [0.3, 0.4) is 0 Å². The first kappa shape index (κ1) is 29.3. The molecule has 0 aromatic carbocycles. The Hall–Kier alpha value is -0.730. The molecule has 3 nitrogen and oxygen atoms in total. The summed E-state index contributed by atoms with van der Waals surface area (Å²) in [5.74, 6) is 0. The van der Waals surface area contributed by atoms with Crippen molar-refractivity contribution in [1.29, 1.82) is 0 Å². The molecule has 0 rings (SSSR count). The number of carbonyl (C=O) groups is 1. The molecule has 0 saturated carbocycles. The zero-order chi connectivity index (χ0) is 22.1. The zero-order valence-electron chi connectivity index (χ0n) is 21.1. The molecule has 3 heteroatoms. The Bertz CT molecular complexity index is 332. The van der Waals surface area contributed by atoms with E-state index in [0.29, 0.717) is 0 Å². The monoisotopic (exact) mass is 424 g/mol. The maximum absolute atomic E-state index is 12.7. The molecule has 0 atom stereocenters. The highest BCUT2D eigenvalue weighted by Crippen LogP contribution is 2.11. The molecule has 30 heavy (non-hydrogen) atoms. The van der Waals surface area contributed by atoms with Gasteiger partial charge in [-0.25, -0.2) is 4.79 Å². The van der Waals surface area contributed by atoms with Crippen molar-refractivity contribution < 1.29 is 4.79 Å². The number of amides is 2. The predicted octanol–water partition coefficient (Wildman–Crippen LogP) is 8.86. The molecule has 0 spiro atoms. The minimum absolute atomic E-state index is 0.178. The van der Waals surface area contributed by atoms with Crippen LogP contribution in [-0.2, 0) is 0 Å². The van der Waals surface area contributed by atoms with Gasteiger partial charge in [-0.2, -0.15) is 0 Å². The van der Waals surface area contributed by atoms with E-state index in [4.69, 9.17) is 0 Å². The van der Waals surface area contributed by atoms with E-state index in [2.05, 4.69) is 31.0 Å². The van der Waals surface area contributed by atoms with E-state index in [1.54, 1.807) is 0 Å². The van der Waals surface area contributed by atoms with Gasteiger partial charge in [-0.1, -0.05) is 130 Å². The summed E-state index contributed by atoms with van der Waals surface area (Å²) in [6, 6.07) is 0.178. The van der Waals surface area contributed by atoms with Crippen molar-refractivity contribution in [3.63, 3.8) is 0 Å². The highest BCUT2D eigenvalue weighted by molar-refractivity contribution is 5.74. The summed E-state index contributed by atoms with van der Waals surface area (Å²) >= 11 is 0. The first-order chi connectivity index (χ1) is 14.8. The van der Waals surface area contributed by atoms with Gasteiger partial charge in [0, 0.05) is 19.6 Å². The molecule has 1 N–H and O–H groups in total. The lowest BCUT2D eigenvalue weighted by molar-refractivity contribution is 0.195. The fourth-order valence-electron chi connectivity index (χ4n) is 4.05. The van der Waals surface area contributed by atoms with Gasteiger partial charge >= 0.3 is 6.03 Å². The lowest BCUT2D eigenvalue weighted by Crippen LogP contribution is -2.41. The highest BCUT2D eigenvalue weighted by atomic mass is 16.2. The van der Waals surface area contributed by atoms with Crippen LogP contribution < -0.4 is 5.32 Å². The normalized spacial score (nSPS) is 11.0. The van der Waals surface area contributed by atoms with Crippen LogP contribution in [-0.4, -0.2) is 30.6 Å². The summed E-state index contributed by atoms with van der Waals surface area (Å²) in [6.45, 7) is 9.49. The number of nitrogens with zero attached hydrogens (tertiary/aromatic N) is 1. The molecule has 0 aromatic rings. The average molecular weight is 425 g/mol. The Morgan fingerprint density at radius 3 is 1.23 bits per heavy atom. The Labute approximate surface area is 190 Å². The topological polar surface area (TPSA) is 32.3 Å². The number of hydrogen-bond acceptors (Lipinski definition) is 1. The SMILES string of the molecule is CCCCCCCCCCCCNC(=O)N(CCCCCCC)CCCCCCC. The van der Waals surface area contributed by atoms with Crippen molar-refractivity contribution in [3.8, 4) is 0 Å². The van der Waals surface area contributed by atoms with Gasteiger partial charge in [-0.05, 0) is 19.3 Å². The Kier molecular flexibility index (Phi) is 23.9. The van der Waals surface area contributed by atoms with Crippen molar-refractivity contribution in [1.82, 2.24) is 10.2 Å². The van der Waals surface area contributed by atoms with E-state index in [0.717, 1.165) is 38.9 Å². The first-order valence-electron chi connectivity index (χ1n) is 13.8. The van der Waals surface area contributed by atoms with Crippen LogP contribution in [0.5, 0.6) is 0 Å². The summed E-state index contributed by atoms with van der Waals surface area (Å²) < 4.78 is 0. The van der Waals surface area contributed by atoms with Crippen molar-refractivity contribution in [2.24, 2.45) is 0 Å². The molecule has 180 valence electrons. The number of carbonyl (C=O) groups excluding carboxylic acids is 1. The Balaban J connectivity index is 3.85. The molecule has 0 aliphatic rings. The van der Waals surface area contributed by atoms with E-state index in [9.17, 15) is 4.79 Å². The third-order valence-electron chi connectivity index (χ3n) is 6.16. The zero-order valence-corrected chi connectivity index (χ0v) is 21.1. The van der Waals surface area contributed by atoms with Gasteiger partial charge in [-0.15, -0.1) is 0 Å². The molecule has 0 aliphatic carbocycles. The quantitative estimate of drug-likeness (QED) is 0.163. The lowest BCUT2D eigenvalue weighted by Gasteiger charge is -2.23. The summed E-state index contributed by atoms with van der Waals surface area (Å²) in [4.78, 5) is 14.7. The molecule has 0 fully saturated rings. The van der Waals surface area contributed by atoms with E-state index in [1.165, 1.54) is 109 Å². The molecule has 2 amide bonds. The van der Waals surface area contributed by atoms with E-state index < -0.39 is 0 Å². The maximum atomic E-state index is 12.7. The number of urea groups is 1. The molecule has 0 saturated heterocycles. The van der Waals surface area contributed by atoms with Gasteiger partial charge in [-0.3, -0.25) is 0 Å². The number of nitrogens with one attached hydrogen (secondary N) is 1. The van der Waals surface area contributed by atoms with Crippen LogP contribution in [0.4, 0.5) is 4.79 Å². The van der Waals surface area contributed by atoms with Gasteiger partial charge in [0.25, 0.3) is 0 Å². The molecule has 0 aromatic heterocycles.